The van der Waals surface area contributed by atoms with E-state index in [0.29, 0.717) is 13.2 Å². The molecule has 1 saturated heterocycles. The van der Waals surface area contributed by atoms with Crippen LogP contribution in [0.4, 0.5) is 0 Å². The summed E-state index contributed by atoms with van der Waals surface area (Å²) in [6, 6.07) is 18.2. The molecule has 21 heavy (non-hydrogen) atoms. The van der Waals surface area contributed by atoms with Gasteiger partial charge in [0.2, 0.25) is 0 Å². The van der Waals surface area contributed by atoms with E-state index in [9.17, 15) is 5.11 Å². The van der Waals surface area contributed by atoms with Gasteiger partial charge in [0.1, 0.15) is 6.10 Å². The van der Waals surface area contributed by atoms with Crippen LogP contribution in [0.2, 0.25) is 0 Å². The Balaban J connectivity index is 1.60. The predicted molar refractivity (Wildman–Crippen MR) is 82.0 cm³/mol. The maximum atomic E-state index is 10.2. The second-order valence-electron chi connectivity index (χ2n) is 5.32. The maximum absolute atomic E-state index is 10.2. The minimum Gasteiger partial charge on any atom is -0.386 e. The molecule has 1 fully saturated rings. The molecule has 1 N–H and O–H groups in total. The van der Waals surface area contributed by atoms with Gasteiger partial charge in [-0.15, -0.1) is 0 Å². The molecule has 0 saturated carbocycles. The van der Waals surface area contributed by atoms with Crippen molar-refractivity contribution in [2.45, 2.75) is 18.6 Å². The van der Waals surface area contributed by atoms with Gasteiger partial charge in [-0.25, -0.2) is 0 Å². The van der Waals surface area contributed by atoms with Crippen LogP contribution in [0.15, 0.2) is 54.6 Å². The fourth-order valence-electron chi connectivity index (χ4n) is 2.50. The maximum Gasteiger partial charge on any atom is 0.102 e. The lowest BCUT2D eigenvalue weighted by Crippen LogP contribution is -2.17. The number of ether oxygens (including phenoxy) is 2. The SMILES string of the molecule is OC(COC1CCOC1)c1ccc(-c2ccccc2)cc1. The smallest absolute Gasteiger partial charge is 0.102 e. The van der Waals surface area contributed by atoms with E-state index in [1.54, 1.807) is 0 Å². The Labute approximate surface area is 125 Å². The van der Waals surface area contributed by atoms with Crippen LogP contribution in [0.1, 0.15) is 18.1 Å². The molecule has 3 rings (SSSR count). The number of hydrogen-bond acceptors (Lipinski definition) is 3. The third-order valence-corrected chi connectivity index (χ3v) is 3.78. The lowest BCUT2D eigenvalue weighted by atomic mass is 10.0. The van der Waals surface area contributed by atoms with Crippen molar-refractivity contribution < 1.29 is 14.6 Å². The van der Waals surface area contributed by atoms with E-state index in [1.807, 2.05) is 42.5 Å². The van der Waals surface area contributed by atoms with Crippen molar-refractivity contribution in [3.63, 3.8) is 0 Å². The van der Waals surface area contributed by atoms with Gasteiger partial charge in [0.25, 0.3) is 0 Å². The summed E-state index contributed by atoms with van der Waals surface area (Å²) in [5, 5.41) is 10.2. The number of rotatable bonds is 5. The lowest BCUT2D eigenvalue weighted by Gasteiger charge is -2.15. The molecule has 1 aliphatic rings. The van der Waals surface area contributed by atoms with E-state index >= 15 is 0 Å². The van der Waals surface area contributed by atoms with Crippen LogP contribution in [0.5, 0.6) is 0 Å². The summed E-state index contributed by atoms with van der Waals surface area (Å²) in [6.45, 7) is 1.71. The van der Waals surface area contributed by atoms with Gasteiger partial charge in [0.05, 0.1) is 19.3 Å². The molecular weight excluding hydrogens is 264 g/mol. The highest BCUT2D eigenvalue weighted by molar-refractivity contribution is 5.63. The topological polar surface area (TPSA) is 38.7 Å². The fraction of sp³-hybridized carbons (Fsp3) is 0.333. The highest BCUT2D eigenvalue weighted by Crippen LogP contribution is 2.22. The van der Waals surface area contributed by atoms with Gasteiger partial charge in [-0.1, -0.05) is 54.6 Å². The Morgan fingerprint density at radius 1 is 1.05 bits per heavy atom. The first-order valence-electron chi connectivity index (χ1n) is 7.36. The summed E-state index contributed by atoms with van der Waals surface area (Å²) in [6.07, 6.45) is 0.457. The van der Waals surface area contributed by atoms with Gasteiger partial charge in [0.15, 0.2) is 0 Å². The minimum absolute atomic E-state index is 0.128. The quantitative estimate of drug-likeness (QED) is 0.916. The highest BCUT2D eigenvalue weighted by Gasteiger charge is 2.18. The average Bonchev–Trinajstić information content (AvgIpc) is 3.07. The van der Waals surface area contributed by atoms with Crippen molar-refractivity contribution in [2.75, 3.05) is 19.8 Å². The molecule has 3 heteroatoms. The van der Waals surface area contributed by atoms with Crippen molar-refractivity contribution in [2.24, 2.45) is 0 Å². The normalized spacial score (nSPS) is 19.6. The van der Waals surface area contributed by atoms with Crippen molar-refractivity contribution in [3.05, 3.63) is 60.2 Å². The van der Waals surface area contributed by atoms with E-state index in [1.165, 1.54) is 5.56 Å². The zero-order valence-electron chi connectivity index (χ0n) is 11.9. The van der Waals surface area contributed by atoms with Crippen LogP contribution < -0.4 is 0 Å². The molecule has 2 unspecified atom stereocenters. The molecule has 2 aromatic carbocycles. The first-order chi connectivity index (χ1) is 10.3. The summed E-state index contributed by atoms with van der Waals surface area (Å²) >= 11 is 0. The molecule has 3 nitrogen and oxygen atoms in total. The Bertz CT molecular complexity index is 544. The molecule has 0 amide bonds. The molecule has 2 aromatic rings. The van der Waals surface area contributed by atoms with Crippen molar-refractivity contribution in [1.29, 1.82) is 0 Å². The van der Waals surface area contributed by atoms with Crippen LogP contribution in [-0.4, -0.2) is 31.0 Å². The molecule has 110 valence electrons. The van der Waals surface area contributed by atoms with Gasteiger partial charge in [-0.05, 0) is 23.1 Å². The molecule has 0 aromatic heterocycles. The third kappa shape index (κ3) is 3.70. The van der Waals surface area contributed by atoms with Gasteiger partial charge in [0, 0.05) is 6.61 Å². The third-order valence-electron chi connectivity index (χ3n) is 3.78. The number of hydrogen-bond donors (Lipinski definition) is 1. The second kappa shape index (κ2) is 6.85. The molecule has 0 spiro atoms. The average molecular weight is 284 g/mol. The summed E-state index contributed by atoms with van der Waals surface area (Å²) in [5.74, 6) is 0. The van der Waals surface area contributed by atoms with Crippen molar-refractivity contribution in [1.82, 2.24) is 0 Å². The first kappa shape index (κ1) is 14.3. The lowest BCUT2D eigenvalue weighted by molar-refractivity contribution is -0.0131. The van der Waals surface area contributed by atoms with Crippen LogP contribution in [-0.2, 0) is 9.47 Å². The summed E-state index contributed by atoms with van der Waals surface area (Å²) in [7, 11) is 0. The number of benzene rings is 2. The van der Waals surface area contributed by atoms with Crippen LogP contribution in [0.3, 0.4) is 0 Å². The van der Waals surface area contributed by atoms with E-state index < -0.39 is 6.10 Å². The number of aliphatic hydroxyl groups is 1. The standard InChI is InChI=1S/C18H20O3/c19-18(13-21-17-10-11-20-12-17)16-8-6-15(7-9-16)14-4-2-1-3-5-14/h1-9,17-19H,10-13H2. The summed E-state index contributed by atoms with van der Waals surface area (Å²) in [4.78, 5) is 0. The Morgan fingerprint density at radius 2 is 1.76 bits per heavy atom. The van der Waals surface area contributed by atoms with E-state index in [-0.39, 0.29) is 6.10 Å². The fourth-order valence-corrected chi connectivity index (χ4v) is 2.50. The number of aliphatic hydroxyl groups excluding tert-OH is 1. The molecular formula is C18H20O3. The van der Waals surface area contributed by atoms with Crippen molar-refractivity contribution in [3.8, 4) is 11.1 Å². The monoisotopic (exact) mass is 284 g/mol. The Kier molecular flexibility index (Phi) is 4.65. The van der Waals surface area contributed by atoms with E-state index in [4.69, 9.17) is 9.47 Å². The molecule has 0 radical (unpaired) electrons. The van der Waals surface area contributed by atoms with E-state index in [0.717, 1.165) is 24.2 Å². The van der Waals surface area contributed by atoms with Gasteiger partial charge >= 0.3 is 0 Å². The summed E-state index contributed by atoms with van der Waals surface area (Å²) < 4.78 is 10.9. The first-order valence-corrected chi connectivity index (χ1v) is 7.36. The van der Waals surface area contributed by atoms with Gasteiger partial charge in [-0.2, -0.15) is 0 Å². The Morgan fingerprint density at radius 3 is 2.43 bits per heavy atom. The Hall–Kier alpha value is -1.68. The zero-order valence-corrected chi connectivity index (χ0v) is 11.9. The van der Waals surface area contributed by atoms with Gasteiger partial charge < -0.3 is 14.6 Å². The zero-order chi connectivity index (χ0) is 14.5. The van der Waals surface area contributed by atoms with Crippen molar-refractivity contribution >= 4 is 0 Å². The van der Waals surface area contributed by atoms with Crippen LogP contribution in [0.25, 0.3) is 11.1 Å². The van der Waals surface area contributed by atoms with E-state index in [2.05, 4.69) is 12.1 Å². The highest BCUT2D eigenvalue weighted by atomic mass is 16.5. The second-order valence-corrected chi connectivity index (χ2v) is 5.32. The molecule has 0 aliphatic carbocycles. The minimum atomic E-state index is -0.588. The molecule has 2 atom stereocenters. The van der Waals surface area contributed by atoms with Gasteiger partial charge in [-0.3, -0.25) is 0 Å². The largest absolute Gasteiger partial charge is 0.386 e. The molecule has 0 bridgehead atoms. The van der Waals surface area contributed by atoms with Crippen LogP contribution >= 0.6 is 0 Å². The molecule has 1 aliphatic heterocycles. The summed E-state index contributed by atoms with van der Waals surface area (Å²) in [5.41, 5.74) is 3.21. The van der Waals surface area contributed by atoms with Crippen LogP contribution in [0, 0.1) is 0 Å². The predicted octanol–water partition coefficient (Wildman–Crippen LogP) is 3.19. The molecule has 1 heterocycles.